The molecule has 3 rings (SSSR count). The number of phenols is 1. The van der Waals surface area contributed by atoms with Crippen LogP contribution in [0.15, 0.2) is 78.9 Å². The summed E-state index contributed by atoms with van der Waals surface area (Å²) in [6.07, 6.45) is 1.37. The molecule has 174 valence electrons. The van der Waals surface area contributed by atoms with Crippen LogP contribution in [0.1, 0.15) is 56.7 Å². The van der Waals surface area contributed by atoms with Gasteiger partial charge in [-0.25, -0.2) is 0 Å². The van der Waals surface area contributed by atoms with Gasteiger partial charge in [-0.05, 0) is 70.4 Å². The Morgan fingerprint density at radius 2 is 1.42 bits per heavy atom. The highest BCUT2D eigenvalue weighted by Crippen LogP contribution is 2.36. The molecule has 0 heterocycles. The lowest BCUT2D eigenvalue weighted by Gasteiger charge is -2.23. The fraction of sp³-hybridized carbons (Fsp3) is 0.310. The molecule has 3 aromatic carbocycles. The summed E-state index contributed by atoms with van der Waals surface area (Å²) in [5, 5.41) is 20.1. The number of hydrogen-bond acceptors (Lipinski definition) is 3. The number of aliphatic hydroxyl groups excluding tert-OH is 1. The molecule has 1 atom stereocenters. The second-order valence-corrected chi connectivity index (χ2v) is 9.80. The van der Waals surface area contributed by atoms with Crippen LogP contribution in [0.2, 0.25) is 0 Å². The fourth-order valence-electron chi connectivity index (χ4n) is 3.86. The van der Waals surface area contributed by atoms with Gasteiger partial charge in [-0.15, -0.1) is 11.6 Å². The molecule has 33 heavy (non-hydrogen) atoms. The van der Waals surface area contributed by atoms with Crippen molar-refractivity contribution in [2.45, 2.75) is 46.3 Å². The third-order valence-corrected chi connectivity index (χ3v) is 5.61. The van der Waals surface area contributed by atoms with E-state index in [2.05, 4.69) is 32.9 Å². The van der Waals surface area contributed by atoms with Crippen LogP contribution in [-0.4, -0.2) is 22.4 Å². The molecular weight excluding hydrogens is 432 g/mol. The van der Waals surface area contributed by atoms with Crippen molar-refractivity contribution in [2.75, 3.05) is 5.88 Å². The summed E-state index contributed by atoms with van der Waals surface area (Å²) >= 11 is 6.07. The van der Waals surface area contributed by atoms with E-state index >= 15 is 0 Å². The predicted octanol–water partition coefficient (Wildman–Crippen LogP) is 7.50. The highest BCUT2D eigenvalue weighted by molar-refractivity contribution is 6.17. The van der Waals surface area contributed by atoms with Crippen molar-refractivity contribution in [3.63, 3.8) is 0 Å². The Morgan fingerprint density at radius 3 is 1.97 bits per heavy atom. The Hall–Kier alpha value is -2.75. The number of ether oxygens (including phenoxy) is 1. The maximum atomic E-state index is 10.3. The molecule has 0 saturated carbocycles. The van der Waals surface area contributed by atoms with Crippen LogP contribution >= 0.6 is 11.6 Å². The topological polar surface area (TPSA) is 49.7 Å². The van der Waals surface area contributed by atoms with Crippen LogP contribution in [-0.2, 0) is 0 Å². The fourth-order valence-corrected chi connectivity index (χ4v) is 4.00. The maximum Gasteiger partial charge on any atom is 0.197 e. The predicted molar refractivity (Wildman–Crippen MR) is 138 cm³/mol. The molecule has 0 aromatic heterocycles. The van der Waals surface area contributed by atoms with E-state index in [1.54, 1.807) is 12.1 Å². The monoisotopic (exact) mass is 464 g/mol. The molecule has 2 N–H and O–H groups in total. The number of phenolic OH excluding ortho intramolecular Hbond substituents is 1. The number of aliphatic hydroxyl groups is 1. The lowest BCUT2D eigenvalue weighted by atomic mass is 9.87. The normalized spacial score (nSPS) is 13.4. The first-order valence-electron chi connectivity index (χ1n) is 11.4. The van der Waals surface area contributed by atoms with Crippen LogP contribution in [0.5, 0.6) is 11.5 Å². The zero-order valence-electron chi connectivity index (χ0n) is 19.6. The Kier molecular flexibility index (Phi) is 8.60. The quantitative estimate of drug-likeness (QED) is 0.196. The van der Waals surface area contributed by atoms with Crippen molar-refractivity contribution in [1.82, 2.24) is 0 Å². The molecule has 0 aliphatic rings. The number of allylic oxidation sites excluding steroid dienone is 1. The van der Waals surface area contributed by atoms with Crippen molar-refractivity contribution < 1.29 is 14.9 Å². The maximum absolute atomic E-state index is 10.3. The van der Waals surface area contributed by atoms with Crippen molar-refractivity contribution >= 4 is 22.7 Å². The van der Waals surface area contributed by atoms with Crippen LogP contribution in [0, 0.1) is 5.41 Å². The highest BCUT2D eigenvalue weighted by Gasteiger charge is 2.19. The molecule has 0 aliphatic carbocycles. The SMILES string of the molecule is CC(C)(C)C[C@H](O)Oc1ccc(/C(=C(/CCCCl)c2ccccc2)c2ccc(O)cc2)cc1. The van der Waals surface area contributed by atoms with Gasteiger partial charge in [0, 0.05) is 12.3 Å². The number of alkyl halides is 1. The molecule has 3 nitrogen and oxygen atoms in total. The minimum atomic E-state index is -0.855. The Balaban J connectivity index is 2.04. The number of rotatable bonds is 9. The van der Waals surface area contributed by atoms with E-state index in [9.17, 15) is 10.2 Å². The smallest absolute Gasteiger partial charge is 0.197 e. The lowest BCUT2D eigenvalue weighted by molar-refractivity contribution is -0.0440. The van der Waals surface area contributed by atoms with Crippen molar-refractivity contribution in [3.8, 4) is 11.5 Å². The first-order valence-corrected chi connectivity index (χ1v) is 11.9. The highest BCUT2D eigenvalue weighted by atomic mass is 35.5. The molecule has 4 heteroatoms. The Bertz CT molecular complexity index is 1030. The zero-order valence-corrected chi connectivity index (χ0v) is 20.3. The third-order valence-electron chi connectivity index (χ3n) is 5.34. The first-order chi connectivity index (χ1) is 15.8. The first kappa shape index (κ1) is 24.9. The Labute approximate surface area is 202 Å². The number of halogens is 1. The molecule has 0 amide bonds. The van der Waals surface area contributed by atoms with Gasteiger partial charge in [-0.2, -0.15) is 0 Å². The van der Waals surface area contributed by atoms with E-state index in [1.165, 1.54) is 5.57 Å². The van der Waals surface area contributed by atoms with Gasteiger partial charge in [0.1, 0.15) is 11.5 Å². The van der Waals surface area contributed by atoms with Crippen LogP contribution in [0.25, 0.3) is 11.1 Å². The van der Waals surface area contributed by atoms with E-state index in [0.717, 1.165) is 35.1 Å². The van der Waals surface area contributed by atoms with Gasteiger partial charge in [0.2, 0.25) is 0 Å². The molecule has 0 aliphatic heterocycles. The summed E-state index contributed by atoms with van der Waals surface area (Å²) in [5.41, 5.74) is 5.46. The molecule has 0 unspecified atom stereocenters. The minimum absolute atomic E-state index is 0.0266. The van der Waals surface area contributed by atoms with E-state index in [4.69, 9.17) is 16.3 Å². The van der Waals surface area contributed by atoms with E-state index < -0.39 is 6.29 Å². The second-order valence-electron chi connectivity index (χ2n) is 9.42. The lowest BCUT2D eigenvalue weighted by Crippen LogP contribution is -2.22. The van der Waals surface area contributed by atoms with Crippen LogP contribution in [0.3, 0.4) is 0 Å². The van der Waals surface area contributed by atoms with Gasteiger partial charge in [-0.3, -0.25) is 0 Å². The summed E-state index contributed by atoms with van der Waals surface area (Å²) in [7, 11) is 0. The van der Waals surface area contributed by atoms with Gasteiger partial charge < -0.3 is 14.9 Å². The van der Waals surface area contributed by atoms with Crippen LogP contribution in [0.4, 0.5) is 0 Å². The number of hydrogen-bond donors (Lipinski definition) is 2. The average molecular weight is 465 g/mol. The van der Waals surface area contributed by atoms with Gasteiger partial charge in [0.25, 0.3) is 0 Å². The molecule has 0 fully saturated rings. The van der Waals surface area contributed by atoms with Crippen molar-refractivity contribution in [1.29, 1.82) is 0 Å². The minimum Gasteiger partial charge on any atom is -0.508 e. The van der Waals surface area contributed by atoms with Gasteiger partial charge in [0.15, 0.2) is 6.29 Å². The van der Waals surface area contributed by atoms with Crippen molar-refractivity contribution in [3.05, 3.63) is 95.6 Å². The average Bonchev–Trinajstić information content (AvgIpc) is 2.78. The van der Waals surface area contributed by atoms with E-state index in [1.807, 2.05) is 54.6 Å². The number of benzene rings is 3. The summed E-state index contributed by atoms with van der Waals surface area (Å²) in [6.45, 7) is 6.22. The number of aromatic hydroxyl groups is 1. The summed E-state index contributed by atoms with van der Waals surface area (Å²) in [4.78, 5) is 0. The molecule has 0 bridgehead atoms. The van der Waals surface area contributed by atoms with Crippen molar-refractivity contribution in [2.24, 2.45) is 5.41 Å². The third kappa shape index (κ3) is 7.38. The van der Waals surface area contributed by atoms with Gasteiger partial charge >= 0.3 is 0 Å². The van der Waals surface area contributed by atoms with E-state index in [0.29, 0.717) is 18.1 Å². The standard InChI is InChI=1S/C29H33ClO3/c1-29(2,3)20-27(32)33-25-17-13-23(14-18-25)28(22-11-15-24(31)16-12-22)26(10-7-19-30)21-8-5-4-6-9-21/h4-6,8-9,11-18,27,31-32H,7,10,19-20H2,1-3H3/b28-26-/t27-/m1/s1. The largest absolute Gasteiger partial charge is 0.508 e. The molecule has 0 spiro atoms. The van der Waals surface area contributed by atoms with Crippen LogP contribution < -0.4 is 4.74 Å². The second kappa shape index (κ2) is 11.4. The Morgan fingerprint density at radius 1 is 0.848 bits per heavy atom. The molecule has 0 saturated heterocycles. The van der Waals surface area contributed by atoms with E-state index in [-0.39, 0.29) is 11.2 Å². The van der Waals surface area contributed by atoms with Gasteiger partial charge in [-0.1, -0.05) is 75.4 Å². The summed E-state index contributed by atoms with van der Waals surface area (Å²) < 4.78 is 5.75. The summed E-state index contributed by atoms with van der Waals surface area (Å²) in [6, 6.07) is 25.4. The molecular formula is C29H33ClO3. The molecule has 3 aromatic rings. The summed E-state index contributed by atoms with van der Waals surface area (Å²) in [5.74, 6) is 1.44. The van der Waals surface area contributed by atoms with Gasteiger partial charge in [0.05, 0.1) is 0 Å². The zero-order chi connectivity index (χ0) is 23.8. The molecule has 0 radical (unpaired) electrons.